The number of hydrogen-bond donors (Lipinski definition) is 1. The summed E-state index contributed by atoms with van der Waals surface area (Å²) >= 11 is 0. The van der Waals surface area contributed by atoms with Crippen LogP contribution in [0, 0.1) is 0 Å². The number of rotatable bonds is 6. The van der Waals surface area contributed by atoms with Gasteiger partial charge in [0.2, 0.25) is 5.88 Å². The molecule has 150 valence electrons. The highest BCUT2D eigenvalue weighted by molar-refractivity contribution is 5.78. The highest BCUT2D eigenvalue weighted by atomic mass is 19.4. The molecule has 1 aliphatic rings. The zero-order valence-electron chi connectivity index (χ0n) is 14.7. The molecule has 0 bridgehead atoms. The fraction of sp³-hybridized carbons (Fsp3) is 0.389. The molecule has 1 aromatic carbocycles. The minimum absolute atomic E-state index is 0.0871. The molecule has 1 fully saturated rings. The fourth-order valence-corrected chi connectivity index (χ4v) is 2.76. The van der Waals surface area contributed by atoms with Crippen molar-refractivity contribution >= 4 is 5.91 Å². The number of aromatic nitrogens is 2. The highest BCUT2D eigenvalue weighted by Crippen LogP contribution is 2.35. The van der Waals surface area contributed by atoms with Crippen LogP contribution in [0.4, 0.5) is 13.2 Å². The van der Waals surface area contributed by atoms with E-state index in [9.17, 15) is 18.0 Å². The van der Waals surface area contributed by atoms with E-state index in [2.05, 4.69) is 10.2 Å². The first-order chi connectivity index (χ1) is 13.4. The van der Waals surface area contributed by atoms with E-state index in [0.717, 1.165) is 17.8 Å². The van der Waals surface area contributed by atoms with E-state index in [4.69, 9.17) is 14.6 Å². The Balaban J connectivity index is 1.53. The van der Waals surface area contributed by atoms with Gasteiger partial charge in [0, 0.05) is 13.0 Å². The second kappa shape index (κ2) is 8.42. The van der Waals surface area contributed by atoms with E-state index in [1.54, 1.807) is 24.3 Å². The molecule has 1 amide bonds. The first-order valence-electron chi connectivity index (χ1n) is 8.52. The fourth-order valence-electron chi connectivity index (χ4n) is 2.76. The molecule has 0 aliphatic carbocycles. The van der Waals surface area contributed by atoms with Crippen molar-refractivity contribution in [3.63, 3.8) is 0 Å². The number of halogens is 3. The highest BCUT2D eigenvalue weighted by Gasteiger charge is 2.37. The van der Waals surface area contributed by atoms with E-state index in [0.29, 0.717) is 18.7 Å². The number of likely N-dealkylation sites (tertiary alicyclic amines) is 1. The summed E-state index contributed by atoms with van der Waals surface area (Å²) < 4.78 is 49.7. The van der Waals surface area contributed by atoms with Gasteiger partial charge in [-0.2, -0.15) is 18.3 Å². The van der Waals surface area contributed by atoms with E-state index < -0.39 is 23.7 Å². The van der Waals surface area contributed by atoms with Gasteiger partial charge in [0.1, 0.15) is 17.4 Å². The Kier molecular flexibility index (Phi) is 5.98. The molecule has 2 heterocycles. The molecule has 0 unspecified atom stereocenters. The minimum Gasteiger partial charge on any atom is -0.484 e. The van der Waals surface area contributed by atoms with E-state index in [1.807, 2.05) is 0 Å². The van der Waals surface area contributed by atoms with Crippen LogP contribution in [-0.4, -0.2) is 51.9 Å². The van der Waals surface area contributed by atoms with Crippen LogP contribution in [0.1, 0.15) is 17.5 Å². The summed E-state index contributed by atoms with van der Waals surface area (Å²) in [5.41, 5.74) is -0.276. The molecule has 10 heteroatoms. The first-order valence-corrected chi connectivity index (χ1v) is 8.52. The summed E-state index contributed by atoms with van der Waals surface area (Å²) in [7, 11) is 0. The van der Waals surface area contributed by atoms with Crippen molar-refractivity contribution in [2.45, 2.75) is 25.3 Å². The summed E-state index contributed by atoms with van der Waals surface area (Å²) in [5, 5.41) is 15.9. The second-order valence-electron chi connectivity index (χ2n) is 6.21. The number of aliphatic hydroxyl groups is 1. The van der Waals surface area contributed by atoms with Crippen LogP contribution in [0.15, 0.2) is 36.5 Å². The van der Waals surface area contributed by atoms with Crippen LogP contribution >= 0.6 is 0 Å². The lowest BCUT2D eigenvalue weighted by Crippen LogP contribution is -2.34. The summed E-state index contributed by atoms with van der Waals surface area (Å²) in [6.07, 6.45) is -3.88. The summed E-state index contributed by atoms with van der Waals surface area (Å²) in [5.74, 6) is -0.408. The summed E-state index contributed by atoms with van der Waals surface area (Å²) in [4.78, 5) is 13.7. The van der Waals surface area contributed by atoms with E-state index in [1.165, 1.54) is 4.90 Å². The van der Waals surface area contributed by atoms with Crippen LogP contribution in [0.5, 0.6) is 11.6 Å². The molecule has 1 aliphatic heterocycles. The number of carbonyl (C=O) groups excluding carboxylic acids is 1. The molecular weight excluding hydrogens is 379 g/mol. The largest absolute Gasteiger partial charge is 0.484 e. The van der Waals surface area contributed by atoms with Crippen molar-refractivity contribution < 1.29 is 32.5 Å². The monoisotopic (exact) mass is 397 g/mol. The molecule has 28 heavy (non-hydrogen) atoms. The van der Waals surface area contributed by atoms with Crippen molar-refractivity contribution in [3.05, 3.63) is 47.7 Å². The number of carbonyl (C=O) groups is 1. The first kappa shape index (κ1) is 19.9. The summed E-state index contributed by atoms with van der Waals surface area (Å²) in [6, 6.07) is 7.44. The van der Waals surface area contributed by atoms with Gasteiger partial charge in [0.25, 0.3) is 5.91 Å². The zero-order valence-corrected chi connectivity index (χ0v) is 14.7. The van der Waals surface area contributed by atoms with Crippen LogP contribution in [0.2, 0.25) is 0 Å². The number of alkyl halides is 3. The minimum atomic E-state index is -4.60. The van der Waals surface area contributed by atoms with Gasteiger partial charge >= 0.3 is 6.18 Å². The van der Waals surface area contributed by atoms with Crippen molar-refractivity contribution in [1.82, 2.24) is 15.1 Å². The molecule has 0 spiro atoms. The third-order valence-electron chi connectivity index (χ3n) is 4.24. The van der Waals surface area contributed by atoms with Gasteiger partial charge in [0.15, 0.2) is 6.61 Å². The average molecular weight is 397 g/mol. The van der Waals surface area contributed by atoms with Crippen molar-refractivity contribution in [2.75, 3.05) is 19.7 Å². The zero-order chi connectivity index (χ0) is 20.1. The van der Waals surface area contributed by atoms with Crippen LogP contribution in [-0.2, 0) is 17.6 Å². The average Bonchev–Trinajstić information content (AvgIpc) is 3.14. The standard InChI is InChI=1S/C18H18F3N3O4/c19-18(20,21)15-5-7-22-23-17(15)28-14-6-8-24(9-14)16(26)11-27-13-3-1-12(10-25)2-4-13/h1-5,7,14,25H,6,8-11H2/t14-/m0/s1. The number of amides is 1. The Morgan fingerprint density at radius 2 is 2.00 bits per heavy atom. The summed E-state index contributed by atoms with van der Waals surface area (Å²) in [6.45, 7) is 0.192. The molecule has 1 N–H and O–H groups in total. The normalized spacial score (nSPS) is 16.9. The maximum Gasteiger partial charge on any atom is 0.421 e. The smallest absolute Gasteiger partial charge is 0.421 e. The molecule has 0 saturated carbocycles. The molecular formula is C18H18F3N3O4. The third kappa shape index (κ3) is 4.89. The molecule has 1 atom stereocenters. The van der Waals surface area contributed by atoms with Gasteiger partial charge < -0.3 is 19.5 Å². The predicted octanol–water partition coefficient (Wildman–Crippen LogP) is 2.05. The Morgan fingerprint density at radius 3 is 2.68 bits per heavy atom. The van der Waals surface area contributed by atoms with Gasteiger partial charge in [-0.25, -0.2) is 0 Å². The Labute approximate surface area is 158 Å². The topological polar surface area (TPSA) is 84.8 Å². The van der Waals surface area contributed by atoms with Crippen LogP contribution in [0.3, 0.4) is 0 Å². The van der Waals surface area contributed by atoms with Gasteiger partial charge in [-0.15, -0.1) is 5.10 Å². The van der Waals surface area contributed by atoms with Crippen LogP contribution < -0.4 is 9.47 Å². The Morgan fingerprint density at radius 1 is 1.25 bits per heavy atom. The van der Waals surface area contributed by atoms with Crippen molar-refractivity contribution in [1.29, 1.82) is 0 Å². The van der Waals surface area contributed by atoms with E-state index in [-0.39, 0.29) is 25.7 Å². The number of nitrogens with zero attached hydrogens (tertiary/aromatic N) is 3. The lowest BCUT2D eigenvalue weighted by molar-refractivity contribution is -0.140. The van der Waals surface area contributed by atoms with Crippen molar-refractivity contribution in [3.8, 4) is 11.6 Å². The molecule has 1 aromatic heterocycles. The van der Waals surface area contributed by atoms with Crippen molar-refractivity contribution in [2.24, 2.45) is 0 Å². The van der Waals surface area contributed by atoms with Gasteiger partial charge in [-0.05, 0) is 23.8 Å². The van der Waals surface area contributed by atoms with Gasteiger partial charge in [-0.3, -0.25) is 4.79 Å². The number of ether oxygens (including phenoxy) is 2. The number of hydrogen-bond acceptors (Lipinski definition) is 6. The molecule has 2 aromatic rings. The van der Waals surface area contributed by atoms with Gasteiger partial charge in [0.05, 0.1) is 19.3 Å². The molecule has 3 rings (SSSR count). The Hall–Kier alpha value is -2.88. The maximum atomic E-state index is 13.0. The Bertz CT molecular complexity index is 814. The number of aliphatic hydroxyl groups excluding tert-OH is 1. The quantitative estimate of drug-likeness (QED) is 0.803. The lowest BCUT2D eigenvalue weighted by Gasteiger charge is -2.18. The second-order valence-corrected chi connectivity index (χ2v) is 6.21. The van der Waals surface area contributed by atoms with Gasteiger partial charge in [-0.1, -0.05) is 12.1 Å². The third-order valence-corrected chi connectivity index (χ3v) is 4.24. The SMILES string of the molecule is O=C(COc1ccc(CO)cc1)N1CC[C@H](Oc2nnccc2C(F)(F)F)C1. The predicted molar refractivity (Wildman–Crippen MR) is 90.5 cm³/mol. The molecule has 7 nitrogen and oxygen atoms in total. The lowest BCUT2D eigenvalue weighted by atomic mass is 10.2. The van der Waals surface area contributed by atoms with E-state index >= 15 is 0 Å². The molecule has 1 saturated heterocycles. The maximum absolute atomic E-state index is 13.0. The number of benzene rings is 1. The van der Waals surface area contributed by atoms with Crippen LogP contribution in [0.25, 0.3) is 0 Å². The molecule has 0 radical (unpaired) electrons.